The first-order valence-electron chi connectivity index (χ1n) is 18.2. The molecule has 0 saturated carbocycles. The van der Waals surface area contributed by atoms with Crippen molar-refractivity contribution in [2.24, 2.45) is 0 Å². The first kappa shape index (κ1) is 31.4. The average molecular weight is 691 g/mol. The summed E-state index contributed by atoms with van der Waals surface area (Å²) in [5.41, 5.74) is 16.4. The lowest BCUT2D eigenvalue weighted by atomic mass is 9.92. The van der Waals surface area contributed by atoms with Crippen LogP contribution in [0.4, 0.5) is 0 Å². The Morgan fingerprint density at radius 1 is 0.352 bits per heavy atom. The molecule has 0 atom stereocenters. The maximum atomic E-state index is 5.09. The van der Waals surface area contributed by atoms with Crippen molar-refractivity contribution in [3.8, 4) is 73.0 Å². The largest absolute Gasteiger partial charge is 0.299 e. The number of fused-ring (bicyclic) bond motifs is 2. The summed E-state index contributed by atoms with van der Waals surface area (Å²) in [6, 6.07) is 70.7. The molecule has 54 heavy (non-hydrogen) atoms. The van der Waals surface area contributed by atoms with Crippen molar-refractivity contribution in [2.75, 3.05) is 0 Å². The molecule has 0 saturated heterocycles. The second kappa shape index (κ2) is 13.4. The minimum Gasteiger partial charge on any atom is -0.299 e. The van der Waals surface area contributed by atoms with Crippen molar-refractivity contribution in [1.29, 1.82) is 0 Å². The maximum Gasteiger partial charge on any atom is 0.145 e. The minimum absolute atomic E-state index is 0.930. The molecule has 0 N–H and O–H groups in total. The fraction of sp³-hybridized carbons (Fsp3) is 0. The zero-order valence-corrected chi connectivity index (χ0v) is 29.4. The lowest BCUT2D eigenvalue weighted by Crippen LogP contribution is -1.97. The van der Waals surface area contributed by atoms with Crippen molar-refractivity contribution in [3.63, 3.8) is 0 Å². The summed E-state index contributed by atoms with van der Waals surface area (Å²) in [6.07, 6.45) is 2.09. The van der Waals surface area contributed by atoms with Crippen LogP contribution in [0.2, 0.25) is 0 Å². The summed E-state index contributed by atoms with van der Waals surface area (Å²) in [4.78, 5) is 10.1. The fourth-order valence-corrected chi connectivity index (χ4v) is 7.52. The molecule has 0 spiro atoms. The highest BCUT2D eigenvalue weighted by Crippen LogP contribution is 2.37. The Kier molecular flexibility index (Phi) is 7.77. The summed E-state index contributed by atoms with van der Waals surface area (Å²) in [6.45, 7) is 0. The third-order valence-corrected chi connectivity index (χ3v) is 10.2. The molecule has 0 aliphatic rings. The van der Waals surface area contributed by atoms with Crippen LogP contribution in [0.3, 0.4) is 0 Å². The van der Waals surface area contributed by atoms with Crippen molar-refractivity contribution >= 4 is 16.7 Å². The number of hydrogen-bond acceptors (Lipinski definition) is 2. The van der Waals surface area contributed by atoms with Crippen LogP contribution in [-0.4, -0.2) is 18.9 Å². The minimum atomic E-state index is 0.930. The second-order valence-electron chi connectivity index (χ2n) is 13.5. The van der Waals surface area contributed by atoms with Crippen LogP contribution in [0.1, 0.15) is 0 Å². The van der Waals surface area contributed by atoms with Gasteiger partial charge in [-0.25, -0.2) is 9.97 Å². The third kappa shape index (κ3) is 5.67. The number of rotatable bonds is 7. The summed E-state index contributed by atoms with van der Waals surface area (Å²) < 4.78 is 4.44. The molecule has 0 radical (unpaired) electrons. The highest BCUT2D eigenvalue weighted by atomic mass is 15.1. The molecule has 4 nitrogen and oxygen atoms in total. The van der Waals surface area contributed by atoms with E-state index >= 15 is 0 Å². The molecule has 0 fully saturated rings. The van der Waals surface area contributed by atoms with E-state index < -0.39 is 0 Å². The van der Waals surface area contributed by atoms with E-state index in [2.05, 4.69) is 197 Å². The van der Waals surface area contributed by atoms with E-state index in [0.717, 1.165) is 78.5 Å². The highest BCUT2D eigenvalue weighted by Gasteiger charge is 2.17. The molecule has 0 unspecified atom stereocenters. The number of aromatic nitrogens is 4. The van der Waals surface area contributed by atoms with Gasteiger partial charge in [-0.1, -0.05) is 146 Å². The van der Waals surface area contributed by atoms with Gasteiger partial charge in [0.05, 0.1) is 22.4 Å². The summed E-state index contributed by atoms with van der Waals surface area (Å²) >= 11 is 0. The van der Waals surface area contributed by atoms with Crippen LogP contribution in [0.5, 0.6) is 0 Å². The molecule has 10 rings (SSSR count). The van der Waals surface area contributed by atoms with E-state index in [1.54, 1.807) is 0 Å². The first-order valence-corrected chi connectivity index (χ1v) is 18.2. The molecule has 254 valence electrons. The van der Waals surface area contributed by atoms with Crippen LogP contribution in [0, 0.1) is 0 Å². The van der Waals surface area contributed by atoms with Crippen LogP contribution in [-0.2, 0) is 0 Å². The normalized spacial score (nSPS) is 11.3. The van der Waals surface area contributed by atoms with E-state index in [4.69, 9.17) is 9.97 Å². The van der Waals surface area contributed by atoms with Gasteiger partial charge in [0.25, 0.3) is 0 Å². The van der Waals surface area contributed by atoms with Gasteiger partial charge in [0, 0.05) is 28.6 Å². The lowest BCUT2D eigenvalue weighted by Gasteiger charge is -2.14. The predicted octanol–water partition coefficient (Wildman–Crippen LogP) is 12.7. The fourth-order valence-electron chi connectivity index (χ4n) is 7.52. The van der Waals surface area contributed by atoms with Crippen molar-refractivity contribution in [2.45, 2.75) is 0 Å². The number of nitrogens with zero attached hydrogens (tertiary/aromatic N) is 4. The van der Waals surface area contributed by atoms with Crippen molar-refractivity contribution < 1.29 is 0 Å². The monoisotopic (exact) mass is 690 g/mol. The number of benzene rings is 7. The van der Waals surface area contributed by atoms with E-state index in [1.165, 1.54) is 11.1 Å². The van der Waals surface area contributed by atoms with Gasteiger partial charge < -0.3 is 0 Å². The quantitative estimate of drug-likeness (QED) is 0.167. The molecule has 0 bridgehead atoms. The zero-order valence-electron chi connectivity index (χ0n) is 29.4. The van der Waals surface area contributed by atoms with Gasteiger partial charge >= 0.3 is 0 Å². The molecule has 4 heteroatoms. The van der Waals surface area contributed by atoms with E-state index in [9.17, 15) is 0 Å². The van der Waals surface area contributed by atoms with Gasteiger partial charge in [-0.2, -0.15) is 0 Å². The second-order valence-corrected chi connectivity index (χ2v) is 13.5. The number of hydrogen-bond donors (Lipinski definition) is 0. The summed E-state index contributed by atoms with van der Waals surface area (Å²) in [7, 11) is 0. The standard InChI is InChI=1S/C50H34N4/c1-4-14-35(15-5-1)41-32-42(36-23-25-38(26-24-36)48-49(39-16-6-2-7-17-39)53-31-13-12-22-47(53)52-48)34-43(33-41)37-27-29-44(30-28-37)54-46-21-11-10-20-45(46)51-50(54)40-18-8-3-9-19-40/h1-34H. The Labute approximate surface area is 313 Å². The van der Waals surface area contributed by atoms with E-state index in [0.29, 0.717) is 0 Å². The zero-order chi connectivity index (χ0) is 35.8. The number of imidazole rings is 2. The van der Waals surface area contributed by atoms with Gasteiger partial charge in [0.2, 0.25) is 0 Å². The molecule has 0 aliphatic heterocycles. The van der Waals surface area contributed by atoms with E-state index in [-0.39, 0.29) is 0 Å². The maximum absolute atomic E-state index is 5.09. The third-order valence-electron chi connectivity index (χ3n) is 10.2. The van der Waals surface area contributed by atoms with Crippen LogP contribution < -0.4 is 0 Å². The van der Waals surface area contributed by atoms with Crippen molar-refractivity contribution in [1.82, 2.24) is 18.9 Å². The van der Waals surface area contributed by atoms with Gasteiger partial charge in [0.1, 0.15) is 11.5 Å². The smallest absolute Gasteiger partial charge is 0.145 e. The predicted molar refractivity (Wildman–Crippen MR) is 222 cm³/mol. The molecule has 7 aromatic carbocycles. The van der Waals surface area contributed by atoms with Crippen LogP contribution in [0.15, 0.2) is 206 Å². The van der Waals surface area contributed by atoms with Crippen LogP contribution >= 0.6 is 0 Å². The molecule has 3 heterocycles. The topological polar surface area (TPSA) is 35.1 Å². The van der Waals surface area contributed by atoms with Gasteiger partial charge in [-0.05, 0) is 88.0 Å². The average Bonchev–Trinajstić information content (AvgIpc) is 3.84. The SMILES string of the molecule is c1ccc(-c2cc(-c3ccc(-c4nc5ccccn5c4-c4ccccc4)cc3)cc(-c3ccc(-n4c(-c5ccccc5)nc5ccccc54)cc3)c2)cc1. The Bertz CT molecular complexity index is 2890. The Balaban J connectivity index is 1.05. The summed E-state index contributed by atoms with van der Waals surface area (Å²) in [5.74, 6) is 0.931. The Hall–Kier alpha value is -7.30. The molecular formula is C50H34N4. The van der Waals surface area contributed by atoms with Gasteiger partial charge in [0.15, 0.2) is 0 Å². The Morgan fingerprint density at radius 2 is 0.852 bits per heavy atom. The Morgan fingerprint density at radius 3 is 1.50 bits per heavy atom. The highest BCUT2D eigenvalue weighted by molar-refractivity contribution is 5.86. The van der Waals surface area contributed by atoms with Crippen LogP contribution in [0.25, 0.3) is 89.7 Å². The molecule has 0 amide bonds. The van der Waals surface area contributed by atoms with Gasteiger partial charge in [-0.15, -0.1) is 0 Å². The molecule has 10 aromatic rings. The number of para-hydroxylation sites is 2. The van der Waals surface area contributed by atoms with Crippen molar-refractivity contribution in [3.05, 3.63) is 206 Å². The van der Waals surface area contributed by atoms with Gasteiger partial charge in [-0.3, -0.25) is 8.97 Å². The summed E-state index contributed by atoms with van der Waals surface area (Å²) in [5, 5.41) is 0. The number of pyridine rings is 1. The molecule has 3 aromatic heterocycles. The van der Waals surface area contributed by atoms with E-state index in [1.807, 2.05) is 18.2 Å². The molecular weight excluding hydrogens is 657 g/mol. The molecule has 0 aliphatic carbocycles. The lowest BCUT2D eigenvalue weighted by molar-refractivity contribution is 1.10. The first-order chi connectivity index (χ1) is 26.8.